The summed E-state index contributed by atoms with van der Waals surface area (Å²) in [7, 11) is -3.98. The number of amides is 1. The summed E-state index contributed by atoms with van der Waals surface area (Å²) < 4.78 is 29.9. The molecule has 1 aliphatic heterocycles. The monoisotopic (exact) mass is 437 g/mol. The Balaban J connectivity index is 1.71. The van der Waals surface area contributed by atoms with Crippen LogP contribution >= 0.6 is 11.6 Å². The van der Waals surface area contributed by atoms with E-state index in [1.54, 1.807) is 36.4 Å². The molecule has 1 unspecified atom stereocenters. The summed E-state index contributed by atoms with van der Waals surface area (Å²) >= 11 is 6.08. The Morgan fingerprint density at radius 3 is 2.72 bits per heavy atom. The van der Waals surface area contributed by atoms with Crippen LogP contribution in [-0.2, 0) is 32.6 Å². The van der Waals surface area contributed by atoms with Crippen molar-refractivity contribution in [3.05, 3.63) is 58.6 Å². The van der Waals surface area contributed by atoms with Gasteiger partial charge in [0.2, 0.25) is 15.9 Å². The van der Waals surface area contributed by atoms with Crippen LogP contribution in [0.25, 0.3) is 0 Å². The second-order valence-corrected chi connectivity index (χ2v) is 8.90. The van der Waals surface area contributed by atoms with E-state index in [1.807, 2.05) is 0 Å². The molecule has 1 atom stereocenters. The third kappa shape index (κ3) is 6.25. The maximum Gasteiger partial charge on any atom is 0.238 e. The summed E-state index contributed by atoms with van der Waals surface area (Å²) in [5.41, 5.74) is 1.49. The lowest BCUT2D eigenvalue weighted by atomic mass is 10.1. The number of nitrogens with one attached hydrogen (secondary N) is 2. The molecule has 2 aromatic carbocycles. The van der Waals surface area contributed by atoms with Gasteiger partial charge in [-0.1, -0.05) is 35.9 Å². The SMILES string of the molecule is NS(=O)(=O)c1cc(NC(=O)Cc2ccccc2Cl)ccc1COC1CCCNC1. The predicted molar refractivity (Wildman–Crippen MR) is 112 cm³/mol. The second-order valence-electron chi connectivity index (χ2n) is 6.96. The van der Waals surface area contributed by atoms with Crippen LogP contribution in [0.4, 0.5) is 5.69 Å². The molecule has 1 amide bonds. The third-order valence-corrected chi connectivity index (χ3v) is 6.05. The van der Waals surface area contributed by atoms with E-state index in [-0.39, 0.29) is 29.9 Å². The highest BCUT2D eigenvalue weighted by molar-refractivity contribution is 7.89. The fourth-order valence-electron chi connectivity index (χ4n) is 3.21. The number of hydrogen-bond donors (Lipinski definition) is 3. The topological polar surface area (TPSA) is 111 Å². The van der Waals surface area contributed by atoms with Crippen molar-refractivity contribution < 1.29 is 17.9 Å². The Hall–Kier alpha value is -1.97. The van der Waals surface area contributed by atoms with Gasteiger partial charge in [-0.25, -0.2) is 13.6 Å². The first kappa shape index (κ1) is 21.7. The van der Waals surface area contributed by atoms with Crippen molar-refractivity contribution in [2.24, 2.45) is 5.14 Å². The molecule has 156 valence electrons. The number of carbonyl (C=O) groups is 1. The van der Waals surface area contributed by atoms with Gasteiger partial charge in [0.15, 0.2) is 0 Å². The number of primary sulfonamides is 1. The van der Waals surface area contributed by atoms with E-state index in [0.29, 0.717) is 21.8 Å². The number of nitrogens with two attached hydrogens (primary N) is 1. The molecule has 4 N–H and O–H groups in total. The first-order chi connectivity index (χ1) is 13.8. The number of halogens is 1. The molecule has 3 rings (SSSR count). The van der Waals surface area contributed by atoms with Crippen molar-refractivity contribution >= 4 is 33.2 Å². The van der Waals surface area contributed by atoms with Crippen LogP contribution in [0.2, 0.25) is 5.02 Å². The molecule has 0 radical (unpaired) electrons. The van der Waals surface area contributed by atoms with Gasteiger partial charge in [-0.05, 0) is 48.7 Å². The Bertz CT molecular complexity index is 975. The maximum absolute atomic E-state index is 12.3. The van der Waals surface area contributed by atoms with E-state index in [1.165, 1.54) is 6.07 Å². The van der Waals surface area contributed by atoms with Crippen LogP contribution in [0.5, 0.6) is 0 Å². The van der Waals surface area contributed by atoms with E-state index < -0.39 is 10.0 Å². The molecule has 0 spiro atoms. The molecule has 1 saturated heterocycles. The largest absolute Gasteiger partial charge is 0.372 e. The molecule has 1 fully saturated rings. The molecule has 9 heteroatoms. The van der Waals surface area contributed by atoms with Crippen molar-refractivity contribution in [1.82, 2.24) is 5.32 Å². The van der Waals surface area contributed by atoms with Gasteiger partial charge in [0.05, 0.1) is 24.0 Å². The first-order valence-corrected chi connectivity index (χ1v) is 11.3. The molecule has 0 aliphatic carbocycles. The van der Waals surface area contributed by atoms with Gasteiger partial charge in [0, 0.05) is 17.3 Å². The minimum Gasteiger partial charge on any atom is -0.372 e. The Kier molecular flexibility index (Phi) is 7.26. The number of benzene rings is 2. The number of anilines is 1. The molecule has 7 nitrogen and oxygen atoms in total. The number of rotatable bonds is 7. The standard InChI is InChI=1S/C20H24ClN3O4S/c21-18-6-2-1-4-14(18)10-20(25)24-16-8-7-15(19(11-16)29(22,26)27)13-28-17-5-3-9-23-12-17/h1-2,4,6-8,11,17,23H,3,5,9-10,12-13H2,(H,24,25)(H2,22,26,27). The van der Waals surface area contributed by atoms with Gasteiger partial charge in [0.25, 0.3) is 0 Å². The smallest absolute Gasteiger partial charge is 0.238 e. The van der Waals surface area contributed by atoms with E-state index in [0.717, 1.165) is 25.9 Å². The van der Waals surface area contributed by atoms with Crippen LogP contribution < -0.4 is 15.8 Å². The lowest BCUT2D eigenvalue weighted by molar-refractivity contribution is -0.115. The molecular formula is C20H24ClN3O4S. The van der Waals surface area contributed by atoms with Crippen LogP contribution in [0.3, 0.4) is 0 Å². The second kappa shape index (κ2) is 9.69. The highest BCUT2D eigenvalue weighted by atomic mass is 35.5. The summed E-state index contributed by atoms with van der Waals surface area (Å²) in [5, 5.41) is 11.8. The highest BCUT2D eigenvalue weighted by Crippen LogP contribution is 2.23. The van der Waals surface area contributed by atoms with E-state index in [2.05, 4.69) is 10.6 Å². The quantitative estimate of drug-likeness (QED) is 0.616. The number of sulfonamides is 1. The summed E-state index contributed by atoms with van der Waals surface area (Å²) in [5.74, 6) is -0.309. The van der Waals surface area contributed by atoms with Crippen molar-refractivity contribution in [3.63, 3.8) is 0 Å². The van der Waals surface area contributed by atoms with Gasteiger partial charge < -0.3 is 15.4 Å². The van der Waals surface area contributed by atoms with Crippen LogP contribution in [0.15, 0.2) is 47.4 Å². The highest BCUT2D eigenvalue weighted by Gasteiger charge is 2.19. The summed E-state index contributed by atoms with van der Waals surface area (Å²) in [4.78, 5) is 12.3. The fourth-order valence-corrected chi connectivity index (χ4v) is 4.19. The Morgan fingerprint density at radius 2 is 2.03 bits per heavy atom. The molecule has 29 heavy (non-hydrogen) atoms. The van der Waals surface area contributed by atoms with E-state index >= 15 is 0 Å². The number of ether oxygens (including phenoxy) is 1. The molecule has 0 aromatic heterocycles. The fraction of sp³-hybridized carbons (Fsp3) is 0.350. The molecule has 1 aliphatic rings. The van der Waals surface area contributed by atoms with Gasteiger partial charge >= 0.3 is 0 Å². The van der Waals surface area contributed by atoms with Crippen LogP contribution in [0.1, 0.15) is 24.0 Å². The van der Waals surface area contributed by atoms with Crippen molar-refractivity contribution in [3.8, 4) is 0 Å². The minimum atomic E-state index is -3.98. The van der Waals surface area contributed by atoms with Crippen LogP contribution in [0, 0.1) is 0 Å². The summed E-state index contributed by atoms with van der Waals surface area (Å²) in [6.45, 7) is 1.83. The Labute approximate surface area is 175 Å². The van der Waals surface area contributed by atoms with Crippen LogP contribution in [-0.4, -0.2) is 33.5 Å². The minimum absolute atomic E-state index is 0.0343. The zero-order valence-corrected chi connectivity index (χ0v) is 17.4. The van der Waals surface area contributed by atoms with Crippen molar-refractivity contribution in [2.75, 3.05) is 18.4 Å². The zero-order valence-electron chi connectivity index (χ0n) is 15.9. The maximum atomic E-state index is 12.3. The molecule has 1 heterocycles. The van der Waals surface area contributed by atoms with Crippen molar-refractivity contribution in [2.45, 2.75) is 36.9 Å². The summed E-state index contributed by atoms with van der Waals surface area (Å²) in [6.07, 6.45) is 2.05. The molecule has 0 saturated carbocycles. The average Bonchev–Trinajstić information content (AvgIpc) is 2.69. The van der Waals surface area contributed by atoms with E-state index in [4.69, 9.17) is 21.5 Å². The predicted octanol–water partition coefficient (Wildman–Crippen LogP) is 2.44. The van der Waals surface area contributed by atoms with E-state index in [9.17, 15) is 13.2 Å². The third-order valence-electron chi connectivity index (χ3n) is 4.69. The summed E-state index contributed by atoms with van der Waals surface area (Å²) in [6, 6.07) is 11.7. The van der Waals surface area contributed by atoms with Gasteiger partial charge in [-0.15, -0.1) is 0 Å². The first-order valence-electron chi connectivity index (χ1n) is 9.34. The van der Waals surface area contributed by atoms with Gasteiger partial charge in [-0.3, -0.25) is 4.79 Å². The molecule has 0 bridgehead atoms. The van der Waals surface area contributed by atoms with Gasteiger partial charge in [0.1, 0.15) is 0 Å². The molecule has 2 aromatic rings. The average molecular weight is 438 g/mol. The lowest BCUT2D eigenvalue weighted by Crippen LogP contribution is -2.35. The zero-order chi connectivity index (χ0) is 20.9. The number of hydrogen-bond acceptors (Lipinski definition) is 5. The Morgan fingerprint density at radius 1 is 1.24 bits per heavy atom. The number of carbonyl (C=O) groups excluding carboxylic acids is 1. The lowest BCUT2D eigenvalue weighted by Gasteiger charge is -2.23. The number of piperidine rings is 1. The normalized spacial score (nSPS) is 17.1. The molecular weight excluding hydrogens is 414 g/mol. The van der Waals surface area contributed by atoms with Gasteiger partial charge in [-0.2, -0.15) is 0 Å². The van der Waals surface area contributed by atoms with Crippen molar-refractivity contribution in [1.29, 1.82) is 0 Å².